The summed E-state index contributed by atoms with van der Waals surface area (Å²) >= 11 is 0. The lowest BCUT2D eigenvalue weighted by atomic mass is 9.88. The largest absolute Gasteiger partial charge is 0.335 e. The van der Waals surface area contributed by atoms with Crippen molar-refractivity contribution in [1.29, 1.82) is 0 Å². The van der Waals surface area contributed by atoms with Crippen molar-refractivity contribution in [3.63, 3.8) is 0 Å². The van der Waals surface area contributed by atoms with Gasteiger partial charge in [0.1, 0.15) is 0 Å². The minimum absolute atomic E-state index is 0.0533. The number of aromatic nitrogens is 1. The van der Waals surface area contributed by atoms with Crippen molar-refractivity contribution in [2.24, 2.45) is 5.41 Å². The summed E-state index contributed by atoms with van der Waals surface area (Å²) in [4.78, 5) is 21.1. The van der Waals surface area contributed by atoms with Gasteiger partial charge in [0.15, 0.2) is 0 Å². The fraction of sp³-hybridized carbons (Fsp3) is 0.667. The van der Waals surface area contributed by atoms with Crippen LogP contribution in [0.3, 0.4) is 0 Å². The van der Waals surface area contributed by atoms with Gasteiger partial charge in [-0.1, -0.05) is 26.8 Å². The molecule has 1 aromatic rings. The Morgan fingerprint density at radius 2 is 1.83 bits per heavy atom. The molecule has 2 amide bonds. The van der Waals surface area contributed by atoms with Crippen molar-refractivity contribution < 1.29 is 4.79 Å². The van der Waals surface area contributed by atoms with E-state index in [1.807, 2.05) is 23.2 Å². The van der Waals surface area contributed by atoms with Crippen LogP contribution in [0.5, 0.6) is 0 Å². The number of pyridine rings is 1. The van der Waals surface area contributed by atoms with E-state index in [0.29, 0.717) is 0 Å². The summed E-state index contributed by atoms with van der Waals surface area (Å²) in [5, 5.41) is 3.12. The topological polar surface area (TPSA) is 48.5 Å². The monoisotopic (exact) mass is 318 g/mol. The number of urea groups is 1. The number of nitrogens with zero attached hydrogens (tertiary/aromatic N) is 3. The Morgan fingerprint density at radius 3 is 2.35 bits per heavy atom. The zero-order valence-electron chi connectivity index (χ0n) is 15.0. The fourth-order valence-electron chi connectivity index (χ4n) is 2.62. The number of rotatable bonds is 3. The first kappa shape index (κ1) is 17.7. The molecular formula is C18H30N4O. The van der Waals surface area contributed by atoms with E-state index in [2.05, 4.69) is 55.9 Å². The number of amides is 2. The van der Waals surface area contributed by atoms with Crippen LogP contribution in [0.25, 0.3) is 0 Å². The van der Waals surface area contributed by atoms with Crippen molar-refractivity contribution in [1.82, 2.24) is 20.1 Å². The molecule has 1 aliphatic rings. The molecule has 23 heavy (non-hydrogen) atoms. The summed E-state index contributed by atoms with van der Waals surface area (Å²) in [5.74, 6) is 0. The standard InChI is InChI=1S/C18H30N4O/c1-14(16-8-6-7-9-19-16)21-10-12-22(13-11-21)17(23)20-15(2)18(3,4)5/h6-9,14-15H,10-13H2,1-5H3,(H,20,23). The van der Waals surface area contributed by atoms with Gasteiger partial charge in [-0.25, -0.2) is 4.79 Å². The maximum absolute atomic E-state index is 12.4. The highest BCUT2D eigenvalue weighted by atomic mass is 16.2. The van der Waals surface area contributed by atoms with Crippen LogP contribution in [0.2, 0.25) is 0 Å². The van der Waals surface area contributed by atoms with E-state index >= 15 is 0 Å². The number of hydrogen-bond acceptors (Lipinski definition) is 3. The molecule has 1 N–H and O–H groups in total. The molecule has 1 saturated heterocycles. The Bertz CT molecular complexity index is 504. The molecule has 5 nitrogen and oxygen atoms in total. The lowest BCUT2D eigenvalue weighted by molar-refractivity contribution is 0.108. The Balaban J connectivity index is 1.85. The Labute approximate surface area is 140 Å². The van der Waals surface area contributed by atoms with Gasteiger partial charge in [0.25, 0.3) is 0 Å². The highest BCUT2D eigenvalue weighted by Gasteiger charge is 2.28. The Morgan fingerprint density at radius 1 is 1.17 bits per heavy atom. The van der Waals surface area contributed by atoms with Gasteiger partial charge in [0.05, 0.1) is 5.69 Å². The van der Waals surface area contributed by atoms with Crippen LogP contribution in [0.4, 0.5) is 4.79 Å². The van der Waals surface area contributed by atoms with Gasteiger partial charge in [-0.05, 0) is 31.4 Å². The predicted molar refractivity (Wildman–Crippen MR) is 93.2 cm³/mol. The van der Waals surface area contributed by atoms with Gasteiger partial charge in [-0.2, -0.15) is 0 Å². The lowest BCUT2D eigenvalue weighted by Gasteiger charge is -2.39. The van der Waals surface area contributed by atoms with Crippen LogP contribution in [0.15, 0.2) is 24.4 Å². The van der Waals surface area contributed by atoms with Crippen LogP contribution in [-0.4, -0.2) is 53.0 Å². The van der Waals surface area contributed by atoms with Crippen molar-refractivity contribution in [2.75, 3.05) is 26.2 Å². The highest BCUT2D eigenvalue weighted by molar-refractivity contribution is 5.74. The zero-order chi connectivity index (χ0) is 17.0. The van der Waals surface area contributed by atoms with Crippen molar-refractivity contribution >= 4 is 6.03 Å². The summed E-state index contributed by atoms with van der Waals surface area (Å²) < 4.78 is 0. The summed E-state index contributed by atoms with van der Waals surface area (Å²) in [6, 6.07) is 6.52. The highest BCUT2D eigenvalue weighted by Crippen LogP contribution is 2.21. The van der Waals surface area contributed by atoms with Crippen LogP contribution >= 0.6 is 0 Å². The number of piperazine rings is 1. The molecule has 1 aromatic heterocycles. The van der Waals surface area contributed by atoms with E-state index in [4.69, 9.17) is 0 Å². The second-order valence-electron chi connectivity index (χ2n) is 7.49. The summed E-state index contributed by atoms with van der Waals surface area (Å²) in [7, 11) is 0. The number of carbonyl (C=O) groups excluding carboxylic acids is 1. The van der Waals surface area contributed by atoms with E-state index in [0.717, 1.165) is 31.9 Å². The fourth-order valence-corrected chi connectivity index (χ4v) is 2.62. The molecule has 2 rings (SSSR count). The molecule has 2 unspecified atom stereocenters. The zero-order valence-corrected chi connectivity index (χ0v) is 15.0. The maximum Gasteiger partial charge on any atom is 0.317 e. The third-order valence-corrected chi connectivity index (χ3v) is 4.90. The normalized spacial score (nSPS) is 19.3. The molecule has 1 aliphatic heterocycles. The molecule has 128 valence electrons. The SMILES string of the molecule is CC(c1ccccn1)N1CCN(C(=O)NC(C)C(C)(C)C)CC1. The van der Waals surface area contributed by atoms with Crippen LogP contribution in [0.1, 0.15) is 46.4 Å². The smallest absolute Gasteiger partial charge is 0.317 e. The second kappa shape index (κ2) is 7.30. The molecule has 0 saturated carbocycles. The van der Waals surface area contributed by atoms with E-state index in [1.165, 1.54) is 0 Å². The van der Waals surface area contributed by atoms with Crippen molar-refractivity contribution in [2.45, 2.75) is 46.7 Å². The summed E-state index contributed by atoms with van der Waals surface area (Å²) in [6.45, 7) is 14.0. The first-order chi connectivity index (χ1) is 10.8. The third-order valence-electron chi connectivity index (χ3n) is 4.90. The quantitative estimate of drug-likeness (QED) is 0.932. The molecule has 0 radical (unpaired) electrons. The summed E-state index contributed by atoms with van der Waals surface area (Å²) in [6.07, 6.45) is 1.84. The minimum atomic E-state index is 0.0533. The number of carbonyl (C=O) groups is 1. The van der Waals surface area contributed by atoms with Gasteiger partial charge in [0.2, 0.25) is 0 Å². The molecular weight excluding hydrogens is 288 g/mol. The summed E-state index contributed by atoms with van der Waals surface area (Å²) in [5.41, 5.74) is 1.16. The van der Waals surface area contributed by atoms with Gasteiger partial charge in [-0.3, -0.25) is 9.88 Å². The molecule has 2 atom stereocenters. The van der Waals surface area contributed by atoms with Gasteiger partial charge in [-0.15, -0.1) is 0 Å². The van der Waals surface area contributed by atoms with Gasteiger partial charge < -0.3 is 10.2 Å². The van der Waals surface area contributed by atoms with Crippen LogP contribution in [0, 0.1) is 5.41 Å². The van der Waals surface area contributed by atoms with Gasteiger partial charge in [0, 0.05) is 44.5 Å². The predicted octanol–water partition coefficient (Wildman–Crippen LogP) is 2.90. The third kappa shape index (κ3) is 4.67. The molecule has 5 heteroatoms. The Kier molecular flexibility index (Phi) is 5.63. The van der Waals surface area contributed by atoms with E-state index in [1.54, 1.807) is 0 Å². The van der Waals surface area contributed by atoms with E-state index in [9.17, 15) is 4.79 Å². The molecule has 0 bridgehead atoms. The average molecular weight is 318 g/mol. The number of nitrogens with one attached hydrogen (secondary N) is 1. The first-order valence-electron chi connectivity index (χ1n) is 8.49. The van der Waals surface area contributed by atoms with Crippen molar-refractivity contribution in [3.05, 3.63) is 30.1 Å². The van der Waals surface area contributed by atoms with Crippen molar-refractivity contribution in [3.8, 4) is 0 Å². The molecule has 2 heterocycles. The van der Waals surface area contributed by atoms with Gasteiger partial charge >= 0.3 is 6.03 Å². The van der Waals surface area contributed by atoms with Crippen LogP contribution in [-0.2, 0) is 0 Å². The van der Waals surface area contributed by atoms with E-state index in [-0.39, 0.29) is 23.5 Å². The maximum atomic E-state index is 12.4. The lowest BCUT2D eigenvalue weighted by Crippen LogP contribution is -2.55. The Hall–Kier alpha value is -1.62. The average Bonchev–Trinajstić information content (AvgIpc) is 2.54. The number of hydrogen-bond donors (Lipinski definition) is 1. The minimum Gasteiger partial charge on any atom is -0.335 e. The second-order valence-corrected chi connectivity index (χ2v) is 7.49. The molecule has 1 fully saturated rings. The van der Waals surface area contributed by atoms with E-state index < -0.39 is 0 Å². The molecule has 0 aromatic carbocycles. The van der Waals surface area contributed by atoms with Crippen LogP contribution < -0.4 is 5.32 Å². The molecule has 0 spiro atoms. The first-order valence-corrected chi connectivity index (χ1v) is 8.49. The molecule has 0 aliphatic carbocycles.